The molecule has 0 heterocycles. The zero-order valence-corrected chi connectivity index (χ0v) is 19.5. The van der Waals surface area contributed by atoms with E-state index in [0.717, 1.165) is 35.6 Å². The van der Waals surface area contributed by atoms with Gasteiger partial charge in [0.15, 0.2) is 0 Å². The molecular weight excluding hydrogens is 409 g/mol. The van der Waals surface area contributed by atoms with Crippen LogP contribution >= 0.6 is 0 Å². The van der Waals surface area contributed by atoms with Crippen molar-refractivity contribution in [2.75, 3.05) is 0 Å². The smallest absolute Gasteiger partial charge is 0.124 e. The minimum Gasteiger partial charge on any atom is -0.489 e. The van der Waals surface area contributed by atoms with Crippen LogP contribution in [0.3, 0.4) is 0 Å². The lowest BCUT2D eigenvalue weighted by Crippen LogP contribution is -2.54. The second kappa shape index (κ2) is 8.43. The SMILES string of the molecule is CC(NCc1c(OCc2ccc(F)cc2)ccc2ccccc12)C12CC3CC(CC(C3)C1)C2. The zero-order valence-electron chi connectivity index (χ0n) is 19.5. The summed E-state index contributed by atoms with van der Waals surface area (Å²) in [6.07, 6.45) is 8.69. The lowest BCUT2D eigenvalue weighted by atomic mass is 9.48. The van der Waals surface area contributed by atoms with Crippen LogP contribution in [0.25, 0.3) is 10.8 Å². The predicted octanol–water partition coefficient (Wildman–Crippen LogP) is 7.25. The van der Waals surface area contributed by atoms with Crippen LogP contribution in [0, 0.1) is 29.0 Å². The first-order valence-electron chi connectivity index (χ1n) is 12.7. The number of nitrogens with one attached hydrogen (secondary N) is 1. The summed E-state index contributed by atoms with van der Waals surface area (Å²) in [5.41, 5.74) is 2.69. The van der Waals surface area contributed by atoms with Gasteiger partial charge >= 0.3 is 0 Å². The fourth-order valence-corrected chi connectivity index (χ4v) is 7.55. The third-order valence-corrected chi connectivity index (χ3v) is 8.89. The lowest BCUT2D eigenvalue weighted by Gasteiger charge is -2.59. The first-order chi connectivity index (χ1) is 16.1. The van der Waals surface area contributed by atoms with E-state index in [0.29, 0.717) is 18.1 Å². The molecule has 4 aliphatic rings. The highest BCUT2D eigenvalue weighted by molar-refractivity contribution is 5.87. The van der Waals surface area contributed by atoms with Gasteiger partial charge in [-0.1, -0.05) is 42.5 Å². The Morgan fingerprint density at radius 2 is 1.58 bits per heavy atom. The molecule has 3 aromatic carbocycles. The van der Waals surface area contributed by atoms with Crippen molar-refractivity contribution in [1.82, 2.24) is 5.32 Å². The Bertz CT molecular complexity index is 1100. The van der Waals surface area contributed by atoms with Gasteiger partial charge in [0.1, 0.15) is 18.2 Å². The van der Waals surface area contributed by atoms with Gasteiger partial charge in [-0.15, -0.1) is 0 Å². The van der Waals surface area contributed by atoms with E-state index in [1.54, 1.807) is 12.1 Å². The number of ether oxygens (including phenoxy) is 1. The van der Waals surface area contributed by atoms with E-state index in [1.807, 2.05) is 0 Å². The van der Waals surface area contributed by atoms with E-state index in [1.165, 1.54) is 67.0 Å². The zero-order chi connectivity index (χ0) is 22.4. The number of halogens is 1. The van der Waals surface area contributed by atoms with Crippen LogP contribution in [0.15, 0.2) is 60.7 Å². The number of rotatable bonds is 7. The highest BCUT2D eigenvalue weighted by Crippen LogP contribution is 2.61. The molecular formula is C30H34FNO. The summed E-state index contributed by atoms with van der Waals surface area (Å²) in [5, 5.41) is 6.46. The Morgan fingerprint density at radius 3 is 2.27 bits per heavy atom. The van der Waals surface area contributed by atoms with Crippen molar-refractivity contribution in [3.8, 4) is 5.75 Å². The van der Waals surface area contributed by atoms with Gasteiger partial charge in [-0.2, -0.15) is 0 Å². The van der Waals surface area contributed by atoms with E-state index in [-0.39, 0.29) is 5.82 Å². The lowest BCUT2D eigenvalue weighted by molar-refractivity contribution is -0.0706. The summed E-state index contributed by atoms with van der Waals surface area (Å²) in [6.45, 7) is 3.68. The van der Waals surface area contributed by atoms with Crippen molar-refractivity contribution >= 4 is 10.8 Å². The highest BCUT2D eigenvalue weighted by atomic mass is 19.1. The molecule has 1 N–H and O–H groups in total. The topological polar surface area (TPSA) is 21.3 Å². The monoisotopic (exact) mass is 443 g/mol. The minimum atomic E-state index is -0.215. The van der Waals surface area contributed by atoms with Crippen molar-refractivity contribution in [3.05, 3.63) is 77.6 Å². The minimum absolute atomic E-state index is 0.215. The molecule has 0 saturated heterocycles. The van der Waals surface area contributed by atoms with Crippen LogP contribution in [-0.4, -0.2) is 6.04 Å². The first-order valence-corrected chi connectivity index (χ1v) is 12.7. The number of hydrogen-bond acceptors (Lipinski definition) is 2. The van der Waals surface area contributed by atoms with Crippen molar-refractivity contribution in [2.24, 2.45) is 23.2 Å². The van der Waals surface area contributed by atoms with Crippen LogP contribution in [0.2, 0.25) is 0 Å². The molecule has 4 saturated carbocycles. The van der Waals surface area contributed by atoms with Crippen LogP contribution < -0.4 is 10.1 Å². The summed E-state index contributed by atoms with van der Waals surface area (Å²) in [4.78, 5) is 0. The molecule has 7 rings (SSSR count). The average molecular weight is 444 g/mol. The second-order valence-corrected chi connectivity index (χ2v) is 11.1. The van der Waals surface area contributed by atoms with Crippen molar-refractivity contribution in [1.29, 1.82) is 0 Å². The van der Waals surface area contributed by atoms with E-state index in [2.05, 4.69) is 48.6 Å². The van der Waals surface area contributed by atoms with E-state index in [9.17, 15) is 4.39 Å². The van der Waals surface area contributed by atoms with Crippen LogP contribution in [0.1, 0.15) is 56.6 Å². The molecule has 4 bridgehead atoms. The first kappa shape index (κ1) is 21.2. The third kappa shape index (κ3) is 4.05. The molecule has 0 radical (unpaired) electrons. The van der Waals surface area contributed by atoms with E-state index < -0.39 is 0 Å². The summed E-state index contributed by atoms with van der Waals surface area (Å²) in [6, 6.07) is 19.9. The Kier molecular flexibility index (Phi) is 5.41. The highest BCUT2D eigenvalue weighted by Gasteiger charge is 2.52. The van der Waals surface area contributed by atoms with Crippen LogP contribution in [0.4, 0.5) is 4.39 Å². The van der Waals surface area contributed by atoms with Crippen molar-refractivity contribution in [3.63, 3.8) is 0 Å². The Labute approximate surface area is 196 Å². The summed E-state index contributed by atoms with van der Waals surface area (Å²) in [7, 11) is 0. The molecule has 33 heavy (non-hydrogen) atoms. The molecule has 4 fully saturated rings. The summed E-state index contributed by atoms with van der Waals surface area (Å²) < 4.78 is 19.6. The number of hydrogen-bond donors (Lipinski definition) is 1. The predicted molar refractivity (Wildman–Crippen MR) is 132 cm³/mol. The number of benzene rings is 3. The summed E-state index contributed by atoms with van der Waals surface area (Å²) in [5.74, 6) is 3.60. The Balaban J connectivity index is 1.23. The normalized spacial score (nSPS) is 28.8. The number of fused-ring (bicyclic) bond motifs is 1. The van der Waals surface area contributed by atoms with E-state index in [4.69, 9.17) is 4.74 Å². The van der Waals surface area contributed by atoms with Crippen LogP contribution in [-0.2, 0) is 13.2 Å². The molecule has 0 aliphatic heterocycles. The third-order valence-electron chi connectivity index (χ3n) is 8.89. The average Bonchev–Trinajstić information content (AvgIpc) is 2.81. The van der Waals surface area contributed by atoms with Gasteiger partial charge in [-0.05, 0) is 103 Å². The Hall–Kier alpha value is -2.39. The molecule has 0 aromatic heterocycles. The molecule has 4 aliphatic carbocycles. The Morgan fingerprint density at radius 1 is 0.909 bits per heavy atom. The van der Waals surface area contributed by atoms with Gasteiger partial charge < -0.3 is 10.1 Å². The van der Waals surface area contributed by atoms with Crippen molar-refractivity contribution < 1.29 is 9.13 Å². The molecule has 0 amide bonds. The molecule has 1 unspecified atom stereocenters. The second-order valence-electron chi connectivity index (χ2n) is 11.1. The fourth-order valence-electron chi connectivity index (χ4n) is 7.55. The summed E-state index contributed by atoms with van der Waals surface area (Å²) >= 11 is 0. The quantitative estimate of drug-likeness (QED) is 0.415. The van der Waals surface area contributed by atoms with Gasteiger partial charge in [0.05, 0.1) is 0 Å². The van der Waals surface area contributed by atoms with Gasteiger partial charge in [0.25, 0.3) is 0 Å². The van der Waals surface area contributed by atoms with Gasteiger partial charge in [0.2, 0.25) is 0 Å². The molecule has 1 atom stereocenters. The molecule has 172 valence electrons. The maximum Gasteiger partial charge on any atom is 0.124 e. The van der Waals surface area contributed by atoms with E-state index >= 15 is 0 Å². The molecule has 0 spiro atoms. The van der Waals surface area contributed by atoms with Gasteiger partial charge in [-0.25, -0.2) is 4.39 Å². The van der Waals surface area contributed by atoms with Crippen LogP contribution in [0.5, 0.6) is 5.75 Å². The van der Waals surface area contributed by atoms with Gasteiger partial charge in [-0.3, -0.25) is 0 Å². The fraction of sp³-hybridized carbons (Fsp3) is 0.467. The molecule has 3 aromatic rings. The molecule has 2 nitrogen and oxygen atoms in total. The maximum absolute atomic E-state index is 13.3. The van der Waals surface area contributed by atoms with Gasteiger partial charge in [0, 0.05) is 18.2 Å². The largest absolute Gasteiger partial charge is 0.489 e. The van der Waals surface area contributed by atoms with Crippen molar-refractivity contribution in [2.45, 2.75) is 64.6 Å². The maximum atomic E-state index is 13.3. The standard InChI is InChI=1S/C30H34FNO/c1-20(30-15-22-12-23(16-30)14-24(13-22)17-30)32-18-28-27-5-3-2-4-25(27)8-11-29(28)33-19-21-6-9-26(31)10-7-21/h2-11,20,22-24,32H,12-19H2,1H3. The molecule has 3 heteroatoms.